The second-order valence-electron chi connectivity index (χ2n) is 29.4. The van der Waals surface area contributed by atoms with Crippen molar-refractivity contribution in [3.05, 3.63) is 215 Å². The van der Waals surface area contributed by atoms with Crippen LogP contribution in [-0.2, 0) is 27.1 Å². The fraction of sp³-hybridized carbons (Fsp3) is 0.241. The van der Waals surface area contributed by atoms with Crippen LogP contribution in [0.2, 0.25) is 0 Å². The van der Waals surface area contributed by atoms with Crippen molar-refractivity contribution < 1.29 is 8.83 Å². The minimum atomic E-state index is -0.379. The molecule has 16 rings (SSSR count). The van der Waals surface area contributed by atoms with Crippen molar-refractivity contribution in [3.8, 4) is 27.9 Å². The quantitative estimate of drug-likeness (QED) is 0.165. The molecule has 3 aromatic heterocycles. The zero-order chi connectivity index (χ0) is 58.8. The van der Waals surface area contributed by atoms with E-state index in [0.717, 1.165) is 72.5 Å². The molecule has 2 aliphatic heterocycles. The van der Waals surface area contributed by atoms with Gasteiger partial charge in [0.05, 0.1) is 11.0 Å². The molecule has 0 saturated heterocycles. The van der Waals surface area contributed by atoms with E-state index in [9.17, 15) is 0 Å². The van der Waals surface area contributed by atoms with Crippen LogP contribution < -0.4 is 20.6 Å². The highest BCUT2D eigenvalue weighted by atomic mass is 16.3. The second-order valence-corrected chi connectivity index (χ2v) is 29.4. The molecule has 0 amide bonds. The van der Waals surface area contributed by atoms with Crippen molar-refractivity contribution >= 4 is 112 Å². The average Bonchev–Trinajstić information content (AvgIpc) is 1.59. The summed E-state index contributed by atoms with van der Waals surface area (Å²) in [5, 5.41) is 7.02. The maximum atomic E-state index is 7.50. The van der Waals surface area contributed by atoms with Crippen molar-refractivity contribution in [2.24, 2.45) is 0 Å². The predicted octanol–water partition coefficient (Wildman–Crippen LogP) is 20.8. The number of rotatable bonds is 4. The average molecular weight is 1110 g/mol. The largest absolute Gasteiger partial charge is 0.456 e. The molecule has 3 aliphatic rings. The molecule has 13 aromatic rings. The smallest absolute Gasteiger partial charge is 0.333 e. The highest BCUT2D eigenvalue weighted by Gasteiger charge is 2.48. The Hall–Kier alpha value is -8.74. The molecular formula is C79H72BN3O2. The van der Waals surface area contributed by atoms with E-state index in [0.29, 0.717) is 0 Å². The van der Waals surface area contributed by atoms with Crippen molar-refractivity contribution in [2.75, 3.05) is 9.71 Å². The minimum Gasteiger partial charge on any atom is -0.456 e. The van der Waals surface area contributed by atoms with E-state index >= 15 is 0 Å². The van der Waals surface area contributed by atoms with E-state index in [2.05, 4.69) is 293 Å². The molecule has 0 atom stereocenters. The summed E-state index contributed by atoms with van der Waals surface area (Å²) in [6, 6.07) is 69.5. The molecule has 0 unspecified atom stereocenters. The van der Waals surface area contributed by atoms with Crippen molar-refractivity contribution in [1.82, 2.24) is 4.57 Å². The number of para-hydroxylation sites is 2. The van der Waals surface area contributed by atoms with Crippen LogP contribution in [-0.4, -0.2) is 11.4 Å². The summed E-state index contributed by atoms with van der Waals surface area (Å²) >= 11 is 0. The maximum Gasteiger partial charge on any atom is 0.333 e. The summed E-state index contributed by atoms with van der Waals surface area (Å²) in [7, 11) is 0. The van der Waals surface area contributed by atoms with Crippen LogP contribution in [0.1, 0.15) is 130 Å². The molecular weight excluding hydrogens is 1030 g/mol. The highest BCUT2D eigenvalue weighted by Crippen LogP contribution is 2.58. The van der Waals surface area contributed by atoms with Gasteiger partial charge in [-0.2, -0.15) is 0 Å². The van der Waals surface area contributed by atoms with Gasteiger partial charge in [0.15, 0.2) is 0 Å². The standard InChI is InChI=1S/C79H72BN3O2/c1-75(2,3)45-23-30-49(31-24-45)81(50-32-25-46(26-33-50)76(4,5)6)52-36-37-53-56-42-64-59(41-61(56)79(13,14)60(53)40-52)71-72-73-69(70-55-20-16-18-22-67(55)85-74(70)71)58-39-48(78(10,11)12)29-38-63(58)82(73)65-43-57-54-19-15-17-21-66(54)84-68(57)44-62(65)80(72)83(64)51-34-27-47(28-35-51)77(7,8)9/h15-44H,1-14H3. The fourth-order valence-electron chi connectivity index (χ4n) is 14.9. The van der Waals surface area contributed by atoms with Crippen LogP contribution >= 0.6 is 0 Å². The Morgan fingerprint density at radius 2 is 0.976 bits per heavy atom. The third kappa shape index (κ3) is 7.42. The normalized spacial score (nSPS) is 14.5. The first-order valence-electron chi connectivity index (χ1n) is 30.6. The van der Waals surface area contributed by atoms with Gasteiger partial charge in [-0.3, -0.25) is 0 Å². The van der Waals surface area contributed by atoms with E-state index in [1.165, 1.54) is 93.9 Å². The molecule has 0 saturated carbocycles. The second kappa shape index (κ2) is 17.2. The Morgan fingerprint density at radius 3 is 1.60 bits per heavy atom. The predicted molar refractivity (Wildman–Crippen MR) is 361 cm³/mol. The van der Waals surface area contributed by atoms with Gasteiger partial charge in [0, 0.05) is 83.0 Å². The summed E-state index contributed by atoms with van der Waals surface area (Å²) in [5.74, 6) is 0. The minimum absolute atomic E-state index is 0.0303. The Bertz CT molecular complexity index is 4940. The van der Waals surface area contributed by atoms with Gasteiger partial charge in [-0.05, 0) is 174 Å². The van der Waals surface area contributed by atoms with Gasteiger partial charge in [-0.25, -0.2) is 0 Å². The number of nitrogens with zero attached hydrogens (tertiary/aromatic N) is 3. The fourth-order valence-corrected chi connectivity index (χ4v) is 14.9. The monoisotopic (exact) mass is 1110 g/mol. The first kappa shape index (κ1) is 51.9. The summed E-state index contributed by atoms with van der Waals surface area (Å²) in [6.07, 6.45) is 0. The Balaban J connectivity index is 1.01. The number of hydrogen-bond donors (Lipinski definition) is 0. The van der Waals surface area contributed by atoms with Crippen molar-refractivity contribution in [2.45, 2.75) is 124 Å². The maximum absolute atomic E-state index is 7.50. The van der Waals surface area contributed by atoms with Gasteiger partial charge in [-0.1, -0.05) is 182 Å². The van der Waals surface area contributed by atoms with Gasteiger partial charge < -0.3 is 23.1 Å². The van der Waals surface area contributed by atoms with Crippen molar-refractivity contribution in [1.29, 1.82) is 0 Å². The van der Waals surface area contributed by atoms with Gasteiger partial charge in [0.2, 0.25) is 0 Å². The molecule has 5 heterocycles. The van der Waals surface area contributed by atoms with E-state index < -0.39 is 0 Å². The number of anilines is 5. The van der Waals surface area contributed by atoms with Gasteiger partial charge in [0.25, 0.3) is 0 Å². The van der Waals surface area contributed by atoms with Crippen LogP contribution in [0, 0.1) is 0 Å². The van der Waals surface area contributed by atoms with Crippen LogP contribution in [0.3, 0.4) is 0 Å². The van der Waals surface area contributed by atoms with E-state index in [4.69, 9.17) is 8.83 Å². The molecule has 6 heteroatoms. The molecule has 1 aliphatic carbocycles. The number of aromatic nitrogens is 1. The molecule has 10 aromatic carbocycles. The summed E-state index contributed by atoms with van der Waals surface area (Å²) in [6.45, 7) is 32.2. The molecule has 418 valence electrons. The molecule has 0 fully saturated rings. The van der Waals surface area contributed by atoms with Gasteiger partial charge in [0.1, 0.15) is 22.3 Å². The number of fused-ring (bicyclic) bond motifs is 19. The molecule has 0 radical (unpaired) electrons. The lowest BCUT2D eigenvalue weighted by Crippen LogP contribution is -2.60. The van der Waals surface area contributed by atoms with Crippen LogP contribution in [0.5, 0.6) is 0 Å². The van der Waals surface area contributed by atoms with Crippen LogP contribution in [0.25, 0.3) is 93.6 Å². The number of benzene rings is 10. The van der Waals surface area contributed by atoms with E-state index in [-0.39, 0.29) is 33.9 Å². The topological polar surface area (TPSA) is 37.7 Å². The Labute approximate surface area is 499 Å². The zero-order valence-corrected chi connectivity index (χ0v) is 51.6. The molecule has 5 nitrogen and oxygen atoms in total. The lowest BCUT2D eigenvalue weighted by atomic mass is 9.43. The first-order chi connectivity index (χ1) is 40.4. The molecule has 0 bridgehead atoms. The Kier molecular flexibility index (Phi) is 10.5. The lowest BCUT2D eigenvalue weighted by Gasteiger charge is -2.42. The lowest BCUT2D eigenvalue weighted by molar-refractivity contribution is 0.590. The molecule has 0 spiro atoms. The highest BCUT2D eigenvalue weighted by molar-refractivity contribution is 6.94. The Morgan fingerprint density at radius 1 is 0.424 bits per heavy atom. The number of furan rings is 2. The summed E-state index contributed by atoms with van der Waals surface area (Å²) in [4.78, 5) is 5.13. The van der Waals surface area contributed by atoms with E-state index in [1.807, 2.05) is 0 Å². The van der Waals surface area contributed by atoms with Crippen LogP contribution in [0.4, 0.5) is 28.4 Å². The first-order valence-corrected chi connectivity index (χ1v) is 30.6. The molecule has 0 N–H and O–H groups in total. The summed E-state index contributed by atoms with van der Waals surface area (Å²) in [5.41, 5.74) is 27.6. The van der Waals surface area contributed by atoms with Crippen molar-refractivity contribution in [3.63, 3.8) is 0 Å². The summed E-state index contributed by atoms with van der Waals surface area (Å²) < 4.78 is 17.0. The van der Waals surface area contributed by atoms with Crippen LogP contribution in [0.15, 0.2) is 191 Å². The van der Waals surface area contributed by atoms with Gasteiger partial charge in [-0.15, -0.1) is 0 Å². The van der Waals surface area contributed by atoms with E-state index in [1.54, 1.807) is 0 Å². The van der Waals surface area contributed by atoms with Gasteiger partial charge >= 0.3 is 6.85 Å². The zero-order valence-electron chi connectivity index (χ0n) is 51.6. The third-order valence-electron chi connectivity index (χ3n) is 19.6. The SMILES string of the molecule is CC(C)(C)c1ccc(N2B3c4cc5oc6ccccc6c5cc4-n4c5ccc(C(C)(C)C)cc5c5c6c(oc7ccccc76)c(c3c54)-c3cc4c(cc32)-c2ccc(N(c3ccc(C(C)(C)C)cc3)c3ccc(C(C)(C)C)cc3)cc2C4(C)C)cc1. The molecule has 85 heavy (non-hydrogen) atoms. The third-order valence-corrected chi connectivity index (χ3v) is 19.6. The number of hydrogen-bond acceptors (Lipinski definition) is 4.